The fourth-order valence-corrected chi connectivity index (χ4v) is 3.27. The van der Waals surface area contributed by atoms with Crippen LogP contribution < -0.4 is 10.6 Å². The lowest BCUT2D eigenvalue weighted by Crippen LogP contribution is -2.48. The Morgan fingerprint density at radius 2 is 1.96 bits per heavy atom. The average Bonchev–Trinajstić information content (AvgIpc) is 2.68. The standard InChI is InChI=1S/C19H21BN2O6/c23-17-12(2-1-3-15(17)19(25)26)9-16(20(27)28)22-18(24)13-4-5-14-10-21-7-6-11(14)8-13/h1-5,8,16,21,23,27-28H,6-7,9-10H2,(H,22,24)(H,25,26)/t16-/m0/s1. The molecule has 0 bridgehead atoms. The molecule has 3 rings (SSSR count). The first-order valence-electron chi connectivity index (χ1n) is 8.90. The topological polar surface area (TPSA) is 139 Å². The Morgan fingerprint density at radius 3 is 2.68 bits per heavy atom. The third kappa shape index (κ3) is 4.33. The number of hydrogen-bond acceptors (Lipinski definition) is 6. The van der Waals surface area contributed by atoms with Crippen LogP contribution in [-0.4, -0.2) is 51.7 Å². The van der Waals surface area contributed by atoms with Crippen molar-refractivity contribution in [3.63, 3.8) is 0 Å². The smallest absolute Gasteiger partial charge is 0.475 e. The van der Waals surface area contributed by atoms with Crippen molar-refractivity contribution in [2.45, 2.75) is 25.3 Å². The number of carboxylic acids is 1. The van der Waals surface area contributed by atoms with E-state index >= 15 is 0 Å². The number of phenols is 1. The number of amides is 1. The van der Waals surface area contributed by atoms with Crippen molar-refractivity contribution in [1.29, 1.82) is 0 Å². The molecule has 0 fully saturated rings. The molecule has 0 radical (unpaired) electrons. The maximum Gasteiger partial charge on any atom is 0.475 e. The van der Waals surface area contributed by atoms with Gasteiger partial charge in [-0.15, -0.1) is 0 Å². The molecule has 146 valence electrons. The van der Waals surface area contributed by atoms with E-state index in [1.807, 2.05) is 6.07 Å². The second-order valence-electron chi connectivity index (χ2n) is 6.73. The summed E-state index contributed by atoms with van der Waals surface area (Å²) < 4.78 is 0. The summed E-state index contributed by atoms with van der Waals surface area (Å²) >= 11 is 0. The number of aromatic hydroxyl groups is 1. The van der Waals surface area contributed by atoms with Gasteiger partial charge in [-0.3, -0.25) is 4.79 Å². The fraction of sp³-hybridized carbons (Fsp3) is 0.263. The van der Waals surface area contributed by atoms with E-state index in [1.54, 1.807) is 12.1 Å². The SMILES string of the molecule is O=C(N[C@@H](Cc1cccc(C(=O)O)c1O)B(O)O)c1ccc2c(c1)CCNC2. The van der Waals surface area contributed by atoms with Crippen LogP contribution in [0.3, 0.4) is 0 Å². The Morgan fingerprint density at radius 1 is 1.18 bits per heavy atom. The summed E-state index contributed by atoms with van der Waals surface area (Å²) in [5.41, 5.74) is 2.49. The van der Waals surface area contributed by atoms with Crippen LogP contribution in [0.2, 0.25) is 0 Å². The number of nitrogens with one attached hydrogen (secondary N) is 2. The van der Waals surface area contributed by atoms with Crippen molar-refractivity contribution < 1.29 is 29.9 Å². The van der Waals surface area contributed by atoms with E-state index < -0.39 is 30.7 Å². The molecule has 0 saturated heterocycles. The average molecular weight is 384 g/mol. The van der Waals surface area contributed by atoms with Crippen LogP contribution in [0.1, 0.15) is 37.4 Å². The highest BCUT2D eigenvalue weighted by Crippen LogP contribution is 2.24. The molecule has 0 aliphatic carbocycles. The lowest BCUT2D eigenvalue weighted by atomic mass is 9.75. The Hall–Kier alpha value is -2.88. The van der Waals surface area contributed by atoms with Gasteiger partial charge in [0.15, 0.2) is 0 Å². The predicted octanol–water partition coefficient (Wildman–Crippen LogP) is 0.0892. The van der Waals surface area contributed by atoms with Crippen molar-refractivity contribution in [3.05, 3.63) is 64.2 Å². The van der Waals surface area contributed by atoms with E-state index in [0.29, 0.717) is 5.56 Å². The molecule has 1 amide bonds. The molecule has 8 nitrogen and oxygen atoms in total. The summed E-state index contributed by atoms with van der Waals surface area (Å²) in [4.78, 5) is 23.7. The van der Waals surface area contributed by atoms with E-state index in [9.17, 15) is 24.7 Å². The van der Waals surface area contributed by atoms with Crippen molar-refractivity contribution in [3.8, 4) is 5.75 Å². The van der Waals surface area contributed by atoms with Crippen LogP contribution in [-0.2, 0) is 19.4 Å². The molecule has 0 aromatic heterocycles. The highest BCUT2D eigenvalue weighted by molar-refractivity contribution is 6.43. The van der Waals surface area contributed by atoms with E-state index in [4.69, 9.17) is 5.11 Å². The Balaban J connectivity index is 1.77. The summed E-state index contributed by atoms with van der Waals surface area (Å²) in [7, 11) is -1.89. The zero-order chi connectivity index (χ0) is 20.3. The lowest BCUT2D eigenvalue weighted by molar-refractivity contribution is 0.0693. The highest BCUT2D eigenvalue weighted by Gasteiger charge is 2.28. The van der Waals surface area contributed by atoms with Crippen LogP contribution >= 0.6 is 0 Å². The van der Waals surface area contributed by atoms with Crippen LogP contribution in [0, 0.1) is 0 Å². The number of fused-ring (bicyclic) bond motifs is 1. The van der Waals surface area contributed by atoms with Gasteiger partial charge in [0.25, 0.3) is 5.91 Å². The van der Waals surface area contributed by atoms with Gasteiger partial charge in [-0.25, -0.2) is 4.79 Å². The first-order valence-corrected chi connectivity index (χ1v) is 8.90. The zero-order valence-corrected chi connectivity index (χ0v) is 15.1. The van der Waals surface area contributed by atoms with Gasteiger partial charge in [-0.1, -0.05) is 18.2 Å². The molecular formula is C19H21BN2O6. The molecule has 2 aromatic carbocycles. The summed E-state index contributed by atoms with van der Waals surface area (Å²) in [6.07, 6.45) is 0.656. The lowest BCUT2D eigenvalue weighted by Gasteiger charge is -2.21. The second kappa shape index (κ2) is 8.43. The van der Waals surface area contributed by atoms with Crippen molar-refractivity contribution in [2.75, 3.05) is 6.54 Å². The van der Waals surface area contributed by atoms with Crippen molar-refractivity contribution in [2.24, 2.45) is 0 Å². The molecule has 9 heteroatoms. The number of hydrogen-bond donors (Lipinski definition) is 6. The summed E-state index contributed by atoms with van der Waals surface area (Å²) in [6.45, 7) is 1.57. The molecule has 1 aliphatic heterocycles. The van der Waals surface area contributed by atoms with Gasteiger partial charge >= 0.3 is 13.1 Å². The summed E-state index contributed by atoms with van der Waals surface area (Å²) in [5.74, 6) is -3.36. The van der Waals surface area contributed by atoms with Crippen LogP contribution in [0.5, 0.6) is 5.75 Å². The molecule has 1 atom stereocenters. The molecule has 1 heterocycles. The predicted molar refractivity (Wildman–Crippen MR) is 102 cm³/mol. The van der Waals surface area contributed by atoms with Gasteiger partial charge < -0.3 is 30.9 Å². The highest BCUT2D eigenvalue weighted by atomic mass is 16.4. The monoisotopic (exact) mass is 384 g/mol. The third-order valence-electron chi connectivity index (χ3n) is 4.82. The maximum atomic E-state index is 12.6. The van der Waals surface area contributed by atoms with E-state index in [0.717, 1.165) is 30.6 Å². The molecule has 0 unspecified atom stereocenters. The minimum atomic E-state index is -1.89. The van der Waals surface area contributed by atoms with Crippen LogP contribution in [0.25, 0.3) is 0 Å². The van der Waals surface area contributed by atoms with Gasteiger partial charge in [0.05, 0.1) is 5.94 Å². The van der Waals surface area contributed by atoms with E-state index in [1.165, 1.54) is 18.2 Å². The molecule has 28 heavy (non-hydrogen) atoms. The Labute approximate surface area is 162 Å². The first-order chi connectivity index (χ1) is 13.4. The molecule has 2 aromatic rings. The molecule has 0 spiro atoms. The normalized spacial score (nSPS) is 14.1. The quantitative estimate of drug-likeness (QED) is 0.388. The first kappa shape index (κ1) is 19.9. The molecule has 1 aliphatic rings. The number of rotatable bonds is 6. The van der Waals surface area contributed by atoms with E-state index in [2.05, 4.69) is 10.6 Å². The van der Waals surface area contributed by atoms with Crippen molar-refractivity contribution in [1.82, 2.24) is 10.6 Å². The number of carbonyl (C=O) groups excluding carboxylic acids is 1. The summed E-state index contributed by atoms with van der Waals surface area (Å²) in [6, 6.07) is 9.47. The fourth-order valence-electron chi connectivity index (χ4n) is 3.27. The largest absolute Gasteiger partial charge is 0.507 e. The third-order valence-corrected chi connectivity index (χ3v) is 4.82. The molecular weight excluding hydrogens is 363 g/mol. The van der Waals surface area contributed by atoms with Crippen molar-refractivity contribution >= 4 is 19.0 Å². The molecule has 0 saturated carbocycles. The van der Waals surface area contributed by atoms with Gasteiger partial charge in [0.1, 0.15) is 11.3 Å². The minimum Gasteiger partial charge on any atom is -0.507 e. The van der Waals surface area contributed by atoms with Crippen LogP contribution in [0.4, 0.5) is 0 Å². The van der Waals surface area contributed by atoms with Gasteiger partial charge in [0, 0.05) is 12.1 Å². The number of carboxylic acid groups (broad SMARTS) is 1. The maximum absolute atomic E-state index is 12.6. The van der Waals surface area contributed by atoms with Crippen LogP contribution in [0.15, 0.2) is 36.4 Å². The second-order valence-corrected chi connectivity index (χ2v) is 6.73. The number of para-hydroxylation sites is 1. The number of benzene rings is 2. The number of carbonyl (C=O) groups is 2. The minimum absolute atomic E-state index is 0.148. The van der Waals surface area contributed by atoms with Gasteiger partial charge in [0.2, 0.25) is 0 Å². The summed E-state index contributed by atoms with van der Waals surface area (Å²) in [5, 5.41) is 44.3. The van der Waals surface area contributed by atoms with Gasteiger partial charge in [-0.2, -0.15) is 0 Å². The van der Waals surface area contributed by atoms with E-state index in [-0.39, 0.29) is 17.5 Å². The zero-order valence-electron chi connectivity index (χ0n) is 15.1. The molecule has 6 N–H and O–H groups in total. The van der Waals surface area contributed by atoms with Gasteiger partial charge in [-0.05, 0) is 54.3 Å². The Bertz CT molecular complexity index is 902. The number of aromatic carboxylic acids is 1. The Kier molecular flexibility index (Phi) is 5.98.